The van der Waals surface area contributed by atoms with E-state index in [4.69, 9.17) is 0 Å². The summed E-state index contributed by atoms with van der Waals surface area (Å²) in [6.45, 7) is 6.92. The summed E-state index contributed by atoms with van der Waals surface area (Å²) >= 11 is 0. The van der Waals surface area contributed by atoms with Gasteiger partial charge in [-0.15, -0.1) is 0 Å². The Balaban J connectivity index is 0.00000169. The molecule has 1 saturated heterocycles. The van der Waals surface area contributed by atoms with Crippen molar-refractivity contribution in [2.24, 2.45) is 0 Å². The third kappa shape index (κ3) is 1.70. The van der Waals surface area contributed by atoms with E-state index in [-0.39, 0.29) is 50.3 Å². The summed E-state index contributed by atoms with van der Waals surface area (Å²) in [4.78, 5) is 25.0. The standard InChI is InChI=1S/C10H16NO2.Y/c1-6-7(2)11(5)10(4,8(3)12)9(6)13;/h7H,1-5H3;/q-1;. The van der Waals surface area contributed by atoms with Crippen LogP contribution in [0.5, 0.6) is 0 Å². The molecule has 0 saturated carbocycles. The molecule has 0 spiro atoms. The molecule has 1 rings (SSSR count). The normalized spacial score (nSPS) is 33.1. The second kappa shape index (κ2) is 4.42. The maximum atomic E-state index is 11.8. The Bertz CT molecular complexity index is 267. The number of likely N-dealkylation sites (N-methyl/N-ethyl adjacent to an activating group) is 1. The Hall–Kier alpha value is 0.274. The van der Waals surface area contributed by atoms with Crippen molar-refractivity contribution in [1.82, 2.24) is 4.90 Å². The molecule has 0 aromatic rings. The third-order valence-corrected chi connectivity index (χ3v) is 3.40. The fraction of sp³-hybridized carbons (Fsp3) is 0.700. The van der Waals surface area contributed by atoms with Crippen molar-refractivity contribution in [3.63, 3.8) is 0 Å². The first-order chi connectivity index (χ1) is 5.83. The van der Waals surface area contributed by atoms with Crippen LogP contribution < -0.4 is 0 Å². The van der Waals surface area contributed by atoms with Crippen LogP contribution >= 0.6 is 0 Å². The van der Waals surface area contributed by atoms with Gasteiger partial charge in [-0.2, -0.15) is 6.92 Å². The molecule has 0 bridgehead atoms. The fourth-order valence-electron chi connectivity index (χ4n) is 1.82. The smallest absolute Gasteiger partial charge is 0.154 e. The van der Waals surface area contributed by atoms with E-state index in [1.165, 1.54) is 6.92 Å². The topological polar surface area (TPSA) is 37.4 Å². The van der Waals surface area contributed by atoms with Crippen LogP contribution in [0.3, 0.4) is 0 Å². The predicted molar refractivity (Wildman–Crippen MR) is 50.2 cm³/mol. The molecule has 1 aliphatic rings. The van der Waals surface area contributed by atoms with Crippen LogP contribution in [-0.2, 0) is 42.3 Å². The van der Waals surface area contributed by atoms with Crippen molar-refractivity contribution in [1.29, 1.82) is 0 Å². The summed E-state index contributed by atoms with van der Waals surface area (Å²) in [5.41, 5.74) is -0.927. The predicted octanol–water partition coefficient (Wildman–Crippen LogP) is 0.829. The summed E-state index contributed by atoms with van der Waals surface area (Å²) in [7, 11) is 1.82. The van der Waals surface area contributed by atoms with E-state index in [0.29, 0.717) is 0 Å². The Labute approximate surface area is 110 Å². The van der Waals surface area contributed by atoms with Gasteiger partial charge in [0.2, 0.25) is 0 Å². The number of likely N-dealkylation sites (tertiary alicyclic amines) is 1. The zero-order valence-corrected chi connectivity index (χ0v) is 12.3. The van der Waals surface area contributed by atoms with Gasteiger partial charge in [0, 0.05) is 38.5 Å². The zero-order valence-electron chi connectivity index (χ0n) is 9.42. The summed E-state index contributed by atoms with van der Waals surface area (Å²) in [6, 6.07) is 0.0707. The van der Waals surface area contributed by atoms with Crippen LogP contribution in [-0.4, -0.2) is 35.1 Å². The molecule has 1 radical (unpaired) electrons. The first-order valence-corrected chi connectivity index (χ1v) is 4.45. The number of Topliss-reactive ketones (excluding diaryl/α,β-unsaturated/α-hetero) is 2. The van der Waals surface area contributed by atoms with Gasteiger partial charge in [-0.05, 0) is 20.9 Å². The van der Waals surface area contributed by atoms with E-state index >= 15 is 0 Å². The molecule has 0 N–H and O–H groups in total. The van der Waals surface area contributed by atoms with Gasteiger partial charge in [0.15, 0.2) is 5.78 Å². The van der Waals surface area contributed by atoms with Gasteiger partial charge in [-0.25, -0.2) is 0 Å². The molecule has 4 heteroatoms. The SMILES string of the molecule is CC(=O)C1(C)C(=O)[C-](C)C(C)N1C.[Y]. The average Bonchev–Trinajstić information content (AvgIpc) is 2.22. The van der Waals surface area contributed by atoms with Crippen molar-refractivity contribution < 1.29 is 42.3 Å². The summed E-state index contributed by atoms with van der Waals surface area (Å²) in [5.74, 6) is 0.666. The Morgan fingerprint density at radius 2 is 2.00 bits per heavy atom. The fourth-order valence-corrected chi connectivity index (χ4v) is 1.82. The number of hydrogen-bond acceptors (Lipinski definition) is 3. The minimum atomic E-state index is -0.927. The number of rotatable bonds is 1. The van der Waals surface area contributed by atoms with Crippen molar-refractivity contribution >= 4 is 11.6 Å². The van der Waals surface area contributed by atoms with Gasteiger partial charge >= 0.3 is 0 Å². The van der Waals surface area contributed by atoms with Crippen LogP contribution in [0.2, 0.25) is 0 Å². The van der Waals surface area contributed by atoms with Crippen molar-refractivity contribution in [2.75, 3.05) is 7.05 Å². The molecule has 0 amide bonds. The minimum absolute atomic E-state index is 0. The van der Waals surface area contributed by atoms with E-state index < -0.39 is 5.54 Å². The Morgan fingerprint density at radius 3 is 2.14 bits per heavy atom. The molecule has 3 nitrogen and oxygen atoms in total. The molecule has 0 aliphatic carbocycles. The number of ketones is 2. The maximum Gasteiger partial charge on any atom is 0.154 e. The monoisotopic (exact) mass is 271 g/mol. The molecule has 0 aromatic carbocycles. The molecule has 0 aromatic heterocycles. The molecular weight excluding hydrogens is 255 g/mol. The molecule has 1 fully saturated rings. The maximum absolute atomic E-state index is 11.8. The first kappa shape index (κ1) is 14.3. The quantitative estimate of drug-likeness (QED) is 0.523. The molecule has 1 aliphatic heterocycles. The zero-order chi connectivity index (χ0) is 10.4. The largest absolute Gasteiger partial charge is 0.332 e. The molecular formula is C10H16NO2Y-. The Kier molecular flexibility index (Phi) is 4.50. The molecule has 2 atom stereocenters. The molecule has 77 valence electrons. The number of nitrogens with zero attached hydrogens (tertiary/aromatic N) is 1. The molecule has 14 heavy (non-hydrogen) atoms. The van der Waals surface area contributed by atoms with Crippen LogP contribution in [0, 0.1) is 5.92 Å². The van der Waals surface area contributed by atoms with Crippen LogP contribution in [0.4, 0.5) is 0 Å². The van der Waals surface area contributed by atoms with E-state index in [2.05, 4.69) is 0 Å². The minimum Gasteiger partial charge on any atom is -0.332 e. The summed E-state index contributed by atoms with van der Waals surface area (Å²) in [6.07, 6.45) is 0. The van der Waals surface area contributed by atoms with Crippen molar-refractivity contribution in [3.8, 4) is 0 Å². The Morgan fingerprint density at radius 1 is 1.57 bits per heavy atom. The van der Waals surface area contributed by atoms with E-state index in [0.717, 1.165) is 5.92 Å². The van der Waals surface area contributed by atoms with E-state index in [1.807, 2.05) is 18.9 Å². The summed E-state index contributed by atoms with van der Waals surface area (Å²) in [5, 5.41) is 0. The van der Waals surface area contributed by atoms with Gasteiger partial charge in [0.25, 0.3) is 0 Å². The van der Waals surface area contributed by atoms with Crippen LogP contribution in [0.15, 0.2) is 0 Å². The van der Waals surface area contributed by atoms with Crippen LogP contribution in [0.25, 0.3) is 0 Å². The number of carbonyl (C=O) groups excluding carboxylic acids is 2. The van der Waals surface area contributed by atoms with E-state index in [1.54, 1.807) is 13.8 Å². The van der Waals surface area contributed by atoms with Gasteiger partial charge in [0.1, 0.15) is 5.54 Å². The van der Waals surface area contributed by atoms with E-state index in [9.17, 15) is 9.59 Å². The molecule has 1 heterocycles. The summed E-state index contributed by atoms with van der Waals surface area (Å²) < 4.78 is 0. The third-order valence-electron chi connectivity index (χ3n) is 3.40. The average molecular weight is 271 g/mol. The van der Waals surface area contributed by atoms with Gasteiger partial charge in [0.05, 0.1) is 0 Å². The first-order valence-electron chi connectivity index (χ1n) is 4.45. The van der Waals surface area contributed by atoms with Gasteiger partial charge in [-0.1, -0.05) is 13.0 Å². The number of hydrogen-bond donors (Lipinski definition) is 0. The second-order valence-corrected chi connectivity index (χ2v) is 3.93. The van der Waals surface area contributed by atoms with Gasteiger partial charge < -0.3 is 9.69 Å². The van der Waals surface area contributed by atoms with Crippen LogP contribution in [0.1, 0.15) is 27.7 Å². The molecule has 2 unspecified atom stereocenters. The van der Waals surface area contributed by atoms with Crippen molar-refractivity contribution in [2.45, 2.75) is 39.3 Å². The van der Waals surface area contributed by atoms with Crippen molar-refractivity contribution in [3.05, 3.63) is 5.92 Å². The number of carbonyl (C=O) groups is 2. The van der Waals surface area contributed by atoms with Gasteiger partial charge in [-0.3, -0.25) is 10.7 Å². The second-order valence-electron chi connectivity index (χ2n) is 3.93.